The molecule has 0 unspecified atom stereocenters. The number of esters is 1. The number of carbonyl (C=O) groups excluding carboxylic acids is 1. The number of hydrogen-bond donors (Lipinski definition) is 0. The van der Waals surface area contributed by atoms with Crippen LogP contribution in [-0.2, 0) is 9.53 Å². The van der Waals surface area contributed by atoms with Crippen LogP contribution in [0, 0.1) is 0 Å². The molecule has 0 aromatic rings. The quantitative estimate of drug-likeness (QED) is 0.368. The van der Waals surface area contributed by atoms with Gasteiger partial charge in [-0.2, -0.15) is 0 Å². The van der Waals surface area contributed by atoms with Crippen molar-refractivity contribution in [3.05, 3.63) is 11.3 Å². The van der Waals surface area contributed by atoms with Crippen LogP contribution in [0.25, 0.3) is 0 Å². The van der Waals surface area contributed by atoms with Crippen molar-refractivity contribution in [1.29, 1.82) is 0 Å². The molecule has 14 heavy (non-hydrogen) atoms. The molecule has 0 heterocycles. The van der Waals surface area contributed by atoms with Gasteiger partial charge in [0.1, 0.15) is 5.76 Å². The van der Waals surface area contributed by atoms with Gasteiger partial charge in [0, 0.05) is 13.3 Å². The first-order chi connectivity index (χ1) is 6.57. The fraction of sp³-hybridized carbons (Fsp3) is 0.750. The molecule has 0 rings (SSSR count). The van der Waals surface area contributed by atoms with Gasteiger partial charge < -0.3 is 4.74 Å². The molecule has 0 fully saturated rings. The number of carbonyl (C=O) groups is 1. The van der Waals surface area contributed by atoms with Gasteiger partial charge in [-0.3, -0.25) is 4.79 Å². The molecule has 0 atom stereocenters. The first-order valence-electron chi connectivity index (χ1n) is 5.42. The van der Waals surface area contributed by atoms with E-state index < -0.39 is 0 Å². The van der Waals surface area contributed by atoms with Crippen LogP contribution in [-0.4, -0.2) is 5.97 Å². The average Bonchev–Trinajstić information content (AvgIpc) is 2.09. The second-order valence-electron chi connectivity index (χ2n) is 3.83. The Bertz CT molecular complexity index is 200. The van der Waals surface area contributed by atoms with Crippen LogP contribution >= 0.6 is 0 Å². The zero-order valence-electron chi connectivity index (χ0n) is 9.85. The Balaban J connectivity index is 3.88. The number of rotatable bonds is 6. The van der Waals surface area contributed by atoms with E-state index in [1.54, 1.807) is 0 Å². The summed E-state index contributed by atoms with van der Waals surface area (Å²) in [6.45, 7) is 7.61. The summed E-state index contributed by atoms with van der Waals surface area (Å²) in [6, 6.07) is 0. The lowest BCUT2D eigenvalue weighted by molar-refractivity contribution is -0.137. The standard InChI is InChI=1S/C12H22O2/c1-5-6-7-8-9-12(10(2)3)14-11(4)13/h5-9H2,1-4H3. The molecule has 0 amide bonds. The van der Waals surface area contributed by atoms with Gasteiger partial charge in [0.2, 0.25) is 0 Å². The predicted octanol–water partition coefficient (Wildman–Crippen LogP) is 3.81. The summed E-state index contributed by atoms with van der Waals surface area (Å²) >= 11 is 0. The normalized spacial score (nSPS) is 9.71. The Morgan fingerprint density at radius 2 is 1.71 bits per heavy atom. The summed E-state index contributed by atoms with van der Waals surface area (Å²) in [5.74, 6) is 0.644. The number of unbranched alkanes of at least 4 members (excludes halogenated alkanes) is 3. The molecular formula is C12H22O2. The first-order valence-corrected chi connectivity index (χ1v) is 5.42. The molecular weight excluding hydrogens is 176 g/mol. The third-order valence-electron chi connectivity index (χ3n) is 2.08. The molecule has 0 radical (unpaired) electrons. The Hall–Kier alpha value is -0.790. The van der Waals surface area contributed by atoms with Crippen molar-refractivity contribution in [3.8, 4) is 0 Å². The van der Waals surface area contributed by atoms with Crippen LogP contribution in [0.4, 0.5) is 0 Å². The highest BCUT2D eigenvalue weighted by Crippen LogP contribution is 2.15. The van der Waals surface area contributed by atoms with Gasteiger partial charge >= 0.3 is 5.97 Å². The second kappa shape index (κ2) is 7.60. The van der Waals surface area contributed by atoms with Crippen LogP contribution in [0.5, 0.6) is 0 Å². The lowest BCUT2D eigenvalue weighted by atomic mass is 10.1. The van der Waals surface area contributed by atoms with Gasteiger partial charge in [0.25, 0.3) is 0 Å². The zero-order chi connectivity index (χ0) is 11.0. The Labute approximate surface area is 87.3 Å². The summed E-state index contributed by atoms with van der Waals surface area (Å²) < 4.78 is 5.13. The van der Waals surface area contributed by atoms with Crippen LogP contribution in [0.1, 0.15) is 59.8 Å². The smallest absolute Gasteiger partial charge is 0.307 e. The molecule has 0 aromatic carbocycles. The van der Waals surface area contributed by atoms with Crippen LogP contribution < -0.4 is 0 Å². The van der Waals surface area contributed by atoms with Crippen molar-refractivity contribution >= 4 is 5.97 Å². The highest BCUT2D eigenvalue weighted by Gasteiger charge is 2.03. The van der Waals surface area contributed by atoms with Gasteiger partial charge in [-0.05, 0) is 25.8 Å². The van der Waals surface area contributed by atoms with Gasteiger partial charge in [-0.15, -0.1) is 0 Å². The Kier molecular flexibility index (Phi) is 7.17. The van der Waals surface area contributed by atoms with Gasteiger partial charge in [0.15, 0.2) is 0 Å². The molecule has 0 saturated carbocycles. The Morgan fingerprint density at radius 3 is 2.14 bits per heavy atom. The van der Waals surface area contributed by atoms with Gasteiger partial charge in [-0.1, -0.05) is 26.2 Å². The van der Waals surface area contributed by atoms with Crippen molar-refractivity contribution in [2.24, 2.45) is 0 Å². The van der Waals surface area contributed by atoms with E-state index in [2.05, 4.69) is 6.92 Å². The first kappa shape index (κ1) is 13.2. The van der Waals surface area contributed by atoms with E-state index in [9.17, 15) is 4.79 Å². The van der Waals surface area contributed by atoms with Crippen molar-refractivity contribution in [3.63, 3.8) is 0 Å². The molecule has 0 N–H and O–H groups in total. The fourth-order valence-electron chi connectivity index (χ4n) is 1.29. The molecule has 0 spiro atoms. The monoisotopic (exact) mass is 198 g/mol. The van der Waals surface area contributed by atoms with E-state index in [-0.39, 0.29) is 5.97 Å². The maximum atomic E-state index is 10.8. The van der Waals surface area contributed by atoms with Crippen molar-refractivity contribution in [1.82, 2.24) is 0 Å². The second-order valence-corrected chi connectivity index (χ2v) is 3.83. The molecule has 0 aliphatic heterocycles. The molecule has 0 saturated heterocycles. The van der Waals surface area contributed by atoms with E-state index in [0.717, 1.165) is 24.2 Å². The number of allylic oxidation sites excluding steroid dienone is 2. The lowest BCUT2D eigenvalue weighted by Crippen LogP contribution is -2.00. The van der Waals surface area contributed by atoms with Crippen molar-refractivity contribution in [2.75, 3.05) is 0 Å². The topological polar surface area (TPSA) is 26.3 Å². The molecule has 0 aliphatic carbocycles. The SMILES string of the molecule is CCCCCCC(OC(C)=O)=C(C)C. The highest BCUT2D eigenvalue weighted by atomic mass is 16.5. The van der Waals surface area contributed by atoms with Gasteiger partial charge in [0.05, 0.1) is 0 Å². The third kappa shape index (κ3) is 6.70. The Morgan fingerprint density at radius 1 is 1.07 bits per heavy atom. The van der Waals surface area contributed by atoms with Crippen molar-refractivity contribution in [2.45, 2.75) is 59.8 Å². The summed E-state index contributed by atoms with van der Waals surface area (Å²) in [5, 5.41) is 0. The van der Waals surface area contributed by atoms with Crippen LogP contribution in [0.3, 0.4) is 0 Å². The highest BCUT2D eigenvalue weighted by molar-refractivity contribution is 5.67. The molecule has 82 valence electrons. The number of ether oxygens (including phenoxy) is 1. The summed E-state index contributed by atoms with van der Waals surface area (Å²) in [7, 11) is 0. The largest absolute Gasteiger partial charge is 0.431 e. The van der Waals surface area contributed by atoms with E-state index >= 15 is 0 Å². The van der Waals surface area contributed by atoms with Gasteiger partial charge in [-0.25, -0.2) is 0 Å². The molecule has 2 heteroatoms. The molecule has 0 aliphatic rings. The number of hydrogen-bond acceptors (Lipinski definition) is 2. The van der Waals surface area contributed by atoms with Crippen molar-refractivity contribution < 1.29 is 9.53 Å². The lowest BCUT2D eigenvalue weighted by Gasteiger charge is -2.08. The van der Waals surface area contributed by atoms with E-state index in [0.29, 0.717) is 0 Å². The maximum absolute atomic E-state index is 10.8. The molecule has 0 aromatic heterocycles. The average molecular weight is 198 g/mol. The summed E-state index contributed by atoms with van der Waals surface area (Å²) in [4.78, 5) is 10.8. The van der Waals surface area contributed by atoms with E-state index in [4.69, 9.17) is 4.74 Å². The summed E-state index contributed by atoms with van der Waals surface area (Å²) in [5.41, 5.74) is 1.11. The van der Waals surface area contributed by atoms with E-state index in [1.807, 2.05) is 13.8 Å². The van der Waals surface area contributed by atoms with Crippen LogP contribution in [0.2, 0.25) is 0 Å². The van der Waals surface area contributed by atoms with Crippen LogP contribution in [0.15, 0.2) is 11.3 Å². The minimum Gasteiger partial charge on any atom is -0.431 e. The zero-order valence-corrected chi connectivity index (χ0v) is 9.85. The minimum atomic E-state index is -0.211. The maximum Gasteiger partial charge on any atom is 0.307 e. The summed E-state index contributed by atoms with van der Waals surface area (Å²) in [6.07, 6.45) is 5.71. The minimum absolute atomic E-state index is 0.211. The molecule has 2 nitrogen and oxygen atoms in total. The fourth-order valence-corrected chi connectivity index (χ4v) is 1.29. The predicted molar refractivity (Wildman–Crippen MR) is 58.9 cm³/mol. The van der Waals surface area contributed by atoms with E-state index in [1.165, 1.54) is 26.2 Å². The molecule has 0 bridgehead atoms. The third-order valence-corrected chi connectivity index (χ3v) is 2.08.